The van der Waals surface area contributed by atoms with E-state index in [1.807, 2.05) is 23.9 Å². The molecule has 74 valence electrons. The fourth-order valence-electron chi connectivity index (χ4n) is 1.24. The van der Waals surface area contributed by atoms with Gasteiger partial charge in [-0.3, -0.25) is 0 Å². The Morgan fingerprint density at radius 3 is 2.57 bits per heavy atom. The molecule has 1 aromatic carbocycles. The predicted molar refractivity (Wildman–Crippen MR) is 54.5 cm³/mol. The van der Waals surface area contributed by atoms with Crippen molar-refractivity contribution in [3.8, 4) is 0 Å². The highest BCUT2D eigenvalue weighted by atomic mass is 19.1. The van der Waals surface area contributed by atoms with Gasteiger partial charge in [0.1, 0.15) is 5.82 Å². The van der Waals surface area contributed by atoms with E-state index < -0.39 is 7.69 Å². The minimum Gasteiger partial charge on any atom is -0.430 e. The van der Waals surface area contributed by atoms with E-state index in [0.717, 1.165) is 10.9 Å². The molecule has 0 aliphatic carbocycles. The minimum atomic E-state index is -0.750. The third-order valence-electron chi connectivity index (χ3n) is 1.85. The first-order chi connectivity index (χ1) is 6.69. The zero-order chi connectivity index (χ0) is 10.6. The van der Waals surface area contributed by atoms with Crippen LogP contribution in [0.3, 0.4) is 0 Å². The van der Waals surface area contributed by atoms with Crippen molar-refractivity contribution in [2.75, 3.05) is 0 Å². The second-order valence-electron chi connectivity index (χ2n) is 2.77. The van der Waals surface area contributed by atoms with E-state index in [2.05, 4.69) is 0 Å². The molecule has 0 aliphatic heterocycles. The summed E-state index contributed by atoms with van der Waals surface area (Å²) in [6.07, 6.45) is 1.92. The Balaban J connectivity index is 0.000000293. The summed E-state index contributed by atoms with van der Waals surface area (Å²) in [5.41, 5.74) is 0.935. The van der Waals surface area contributed by atoms with E-state index >= 15 is 0 Å². The Morgan fingerprint density at radius 2 is 1.93 bits per heavy atom. The molecule has 0 atom stereocenters. The zero-order valence-corrected chi connectivity index (χ0v) is 7.81. The molecular formula is C9H11BFNO2. The lowest BCUT2D eigenvalue weighted by Crippen LogP contribution is -1.83. The van der Waals surface area contributed by atoms with Crippen LogP contribution in [0.25, 0.3) is 10.9 Å². The molecule has 0 saturated heterocycles. The van der Waals surface area contributed by atoms with Gasteiger partial charge >= 0.3 is 7.69 Å². The van der Waals surface area contributed by atoms with Gasteiger partial charge in [-0.25, -0.2) is 4.39 Å². The Hall–Kier alpha value is -1.33. The fraction of sp³-hybridized carbons (Fsp3) is 0.111. The molecule has 1 heterocycles. The van der Waals surface area contributed by atoms with Crippen LogP contribution in [0.2, 0.25) is 0 Å². The van der Waals surface area contributed by atoms with E-state index in [1.54, 1.807) is 6.07 Å². The lowest BCUT2D eigenvalue weighted by atomic mass is 10.2. The maximum Gasteiger partial charge on any atom is 0.432 e. The molecule has 14 heavy (non-hydrogen) atoms. The molecule has 1 aromatic heterocycles. The summed E-state index contributed by atoms with van der Waals surface area (Å²) < 4.78 is 14.6. The molecule has 0 aliphatic rings. The molecule has 2 N–H and O–H groups in total. The molecule has 0 spiro atoms. The molecule has 3 nitrogen and oxygen atoms in total. The number of aryl methyl sites for hydroxylation is 1. The normalized spacial score (nSPS) is 9.43. The van der Waals surface area contributed by atoms with Gasteiger partial charge < -0.3 is 14.6 Å². The Bertz CT molecular complexity index is 416. The van der Waals surface area contributed by atoms with Gasteiger partial charge in [0.15, 0.2) is 0 Å². The van der Waals surface area contributed by atoms with Crippen LogP contribution in [0.15, 0.2) is 30.5 Å². The Labute approximate surface area is 81.7 Å². The van der Waals surface area contributed by atoms with Crippen molar-refractivity contribution in [1.82, 2.24) is 4.57 Å². The summed E-state index contributed by atoms with van der Waals surface area (Å²) in [4.78, 5) is 0. The van der Waals surface area contributed by atoms with Crippen LogP contribution in [-0.2, 0) is 7.05 Å². The molecule has 0 saturated carbocycles. The highest BCUT2D eigenvalue weighted by Crippen LogP contribution is 2.15. The number of hydrogen-bond donors (Lipinski definition) is 2. The van der Waals surface area contributed by atoms with Crippen LogP contribution in [0.4, 0.5) is 4.39 Å². The van der Waals surface area contributed by atoms with Gasteiger partial charge in [0, 0.05) is 13.2 Å². The first kappa shape index (κ1) is 10.8. The standard InChI is InChI=1S/C9H8FN.BH3O2/c1-11-5-4-7-2-3-8(10)6-9(7)11;2-1-3/h2-6H,1H3;1-3H. The first-order valence-corrected chi connectivity index (χ1v) is 4.11. The van der Waals surface area contributed by atoms with E-state index in [9.17, 15) is 4.39 Å². The fourth-order valence-corrected chi connectivity index (χ4v) is 1.24. The summed E-state index contributed by atoms with van der Waals surface area (Å²) in [7, 11) is 1.15. The van der Waals surface area contributed by atoms with Gasteiger partial charge in [-0.05, 0) is 29.7 Å². The largest absolute Gasteiger partial charge is 0.432 e. The molecule has 0 bridgehead atoms. The second-order valence-corrected chi connectivity index (χ2v) is 2.77. The molecule has 2 aromatic rings. The van der Waals surface area contributed by atoms with Gasteiger partial charge in [-0.2, -0.15) is 0 Å². The van der Waals surface area contributed by atoms with Crippen molar-refractivity contribution in [2.45, 2.75) is 0 Å². The van der Waals surface area contributed by atoms with Crippen LogP contribution in [0.5, 0.6) is 0 Å². The van der Waals surface area contributed by atoms with E-state index in [-0.39, 0.29) is 5.82 Å². The van der Waals surface area contributed by atoms with E-state index in [4.69, 9.17) is 10.0 Å². The Kier molecular flexibility index (Phi) is 3.68. The van der Waals surface area contributed by atoms with Crippen molar-refractivity contribution in [1.29, 1.82) is 0 Å². The molecule has 0 unspecified atom stereocenters. The van der Waals surface area contributed by atoms with Gasteiger partial charge in [-0.1, -0.05) is 0 Å². The lowest BCUT2D eigenvalue weighted by Gasteiger charge is -1.94. The third kappa shape index (κ3) is 2.34. The number of hydrogen-bond acceptors (Lipinski definition) is 2. The van der Waals surface area contributed by atoms with E-state index in [1.165, 1.54) is 12.1 Å². The summed E-state index contributed by atoms with van der Waals surface area (Å²) in [6.45, 7) is 0. The first-order valence-electron chi connectivity index (χ1n) is 4.11. The number of rotatable bonds is 0. The third-order valence-corrected chi connectivity index (χ3v) is 1.85. The summed E-state index contributed by atoms with van der Waals surface area (Å²) in [5, 5.41) is 15.3. The molecule has 0 radical (unpaired) electrons. The van der Waals surface area contributed by atoms with Gasteiger partial charge in [-0.15, -0.1) is 0 Å². The molecule has 0 fully saturated rings. The van der Waals surface area contributed by atoms with Gasteiger partial charge in [0.2, 0.25) is 0 Å². The average molecular weight is 195 g/mol. The highest BCUT2D eigenvalue weighted by Gasteiger charge is 1.97. The van der Waals surface area contributed by atoms with Crippen LogP contribution >= 0.6 is 0 Å². The van der Waals surface area contributed by atoms with Crippen molar-refractivity contribution in [3.63, 3.8) is 0 Å². The van der Waals surface area contributed by atoms with Gasteiger partial charge in [0.05, 0.1) is 5.52 Å². The molecule has 2 rings (SSSR count). The number of aromatic nitrogens is 1. The van der Waals surface area contributed by atoms with Crippen molar-refractivity contribution >= 4 is 18.6 Å². The predicted octanol–water partition coefficient (Wildman–Crippen LogP) is 0.555. The number of halogens is 1. The second kappa shape index (κ2) is 4.78. The van der Waals surface area contributed by atoms with Crippen molar-refractivity contribution in [3.05, 3.63) is 36.3 Å². The van der Waals surface area contributed by atoms with Crippen LogP contribution in [-0.4, -0.2) is 22.3 Å². The van der Waals surface area contributed by atoms with Crippen LogP contribution in [0, 0.1) is 5.82 Å². The number of fused-ring (bicyclic) bond motifs is 1. The quantitative estimate of drug-likeness (QED) is 0.603. The highest BCUT2D eigenvalue weighted by molar-refractivity contribution is 6.13. The monoisotopic (exact) mass is 195 g/mol. The maximum absolute atomic E-state index is 12.7. The molecular weight excluding hydrogens is 184 g/mol. The zero-order valence-electron chi connectivity index (χ0n) is 7.81. The minimum absolute atomic E-state index is 0.181. The van der Waals surface area contributed by atoms with Crippen LogP contribution < -0.4 is 0 Å². The van der Waals surface area contributed by atoms with Crippen molar-refractivity contribution in [2.24, 2.45) is 7.05 Å². The summed E-state index contributed by atoms with van der Waals surface area (Å²) in [5.74, 6) is -0.181. The SMILES string of the molecule is Cn1ccc2ccc(F)cc21.OBO. The Morgan fingerprint density at radius 1 is 1.29 bits per heavy atom. The smallest absolute Gasteiger partial charge is 0.430 e. The number of benzene rings is 1. The van der Waals surface area contributed by atoms with Crippen LogP contribution in [0.1, 0.15) is 0 Å². The molecule has 0 amide bonds. The van der Waals surface area contributed by atoms with E-state index in [0.29, 0.717) is 0 Å². The van der Waals surface area contributed by atoms with Crippen molar-refractivity contribution < 1.29 is 14.4 Å². The lowest BCUT2D eigenvalue weighted by molar-refractivity contribution is 0.448. The number of nitrogens with zero attached hydrogens (tertiary/aromatic N) is 1. The summed E-state index contributed by atoms with van der Waals surface area (Å²) >= 11 is 0. The average Bonchev–Trinajstić information content (AvgIpc) is 2.49. The topological polar surface area (TPSA) is 45.4 Å². The summed E-state index contributed by atoms with van der Waals surface area (Å²) in [6, 6.07) is 6.76. The van der Waals surface area contributed by atoms with Gasteiger partial charge in [0.25, 0.3) is 0 Å². The molecule has 5 heteroatoms. The maximum atomic E-state index is 12.7.